The number of esters is 1. The molecule has 0 unspecified atom stereocenters. The molecule has 1 amide bonds. The molecule has 1 heterocycles. The number of nitrogens with one attached hydrogen (secondary N) is 1. The van der Waals surface area contributed by atoms with Crippen LogP contribution in [0.3, 0.4) is 0 Å². The smallest absolute Gasteiger partial charge is 0.340 e. The molecule has 6 heteroatoms. The van der Waals surface area contributed by atoms with Gasteiger partial charge in [-0.05, 0) is 18.9 Å². The van der Waals surface area contributed by atoms with Gasteiger partial charge in [-0.15, -0.1) is 0 Å². The van der Waals surface area contributed by atoms with Crippen LogP contribution >= 0.6 is 0 Å². The fourth-order valence-corrected chi connectivity index (χ4v) is 2.20. The first-order chi connectivity index (χ1) is 11.7. The maximum Gasteiger partial charge on any atom is 0.340 e. The molecule has 0 bridgehead atoms. The van der Waals surface area contributed by atoms with Gasteiger partial charge in [0.1, 0.15) is 0 Å². The highest BCUT2D eigenvalue weighted by atomic mass is 16.5. The average molecular weight is 326 g/mol. The molecule has 1 aliphatic carbocycles. The first-order valence-corrected chi connectivity index (χ1v) is 7.73. The van der Waals surface area contributed by atoms with Crippen LogP contribution in [0.2, 0.25) is 0 Å². The van der Waals surface area contributed by atoms with Crippen molar-refractivity contribution in [1.82, 2.24) is 10.3 Å². The van der Waals surface area contributed by atoms with Crippen LogP contribution in [0.15, 0.2) is 48.7 Å². The Labute approximate surface area is 139 Å². The van der Waals surface area contributed by atoms with E-state index >= 15 is 0 Å². The lowest BCUT2D eigenvalue weighted by molar-refractivity contribution is -0.130. The summed E-state index contributed by atoms with van der Waals surface area (Å²) in [6, 6.07) is 12.3. The van der Waals surface area contributed by atoms with Crippen molar-refractivity contribution in [3.05, 3.63) is 59.8 Å². The van der Waals surface area contributed by atoms with E-state index in [2.05, 4.69) is 10.3 Å². The zero-order chi connectivity index (χ0) is 16.9. The molecule has 3 rings (SSSR count). The first-order valence-electron chi connectivity index (χ1n) is 7.73. The Bertz CT molecular complexity index is 712. The Balaban J connectivity index is 1.77. The van der Waals surface area contributed by atoms with E-state index in [0.29, 0.717) is 11.4 Å². The third-order valence-corrected chi connectivity index (χ3v) is 3.67. The summed E-state index contributed by atoms with van der Waals surface area (Å²) in [5.41, 5.74) is 0.890. The second kappa shape index (κ2) is 7.12. The minimum absolute atomic E-state index is 0.185. The molecule has 1 atom stereocenters. The number of nitrogens with zero attached hydrogens (tertiary/aromatic N) is 1. The summed E-state index contributed by atoms with van der Waals surface area (Å²) in [4.78, 5) is 28.8. The van der Waals surface area contributed by atoms with E-state index < -0.39 is 12.1 Å². The van der Waals surface area contributed by atoms with Crippen molar-refractivity contribution in [3.63, 3.8) is 0 Å². The van der Waals surface area contributed by atoms with Crippen LogP contribution < -0.4 is 10.1 Å². The molecule has 0 spiro atoms. The van der Waals surface area contributed by atoms with Gasteiger partial charge < -0.3 is 14.8 Å². The van der Waals surface area contributed by atoms with Crippen molar-refractivity contribution in [2.75, 3.05) is 7.11 Å². The number of amides is 1. The topological polar surface area (TPSA) is 77.5 Å². The molecular weight excluding hydrogens is 308 g/mol. The fraction of sp³-hybridized carbons (Fsp3) is 0.278. The number of hydrogen-bond donors (Lipinski definition) is 1. The van der Waals surface area contributed by atoms with Gasteiger partial charge in [0.15, 0.2) is 0 Å². The SMILES string of the molecule is COc1ccc(C(=O)O[C@@H](C(=O)NC2CC2)c2ccccc2)cn1. The molecule has 6 nitrogen and oxygen atoms in total. The van der Waals surface area contributed by atoms with E-state index in [4.69, 9.17) is 9.47 Å². The maximum atomic E-state index is 12.4. The quantitative estimate of drug-likeness (QED) is 0.824. The zero-order valence-electron chi connectivity index (χ0n) is 13.3. The minimum atomic E-state index is -0.985. The van der Waals surface area contributed by atoms with Gasteiger partial charge in [-0.3, -0.25) is 4.79 Å². The second-order valence-corrected chi connectivity index (χ2v) is 5.57. The molecular formula is C18H18N2O4. The van der Waals surface area contributed by atoms with E-state index in [9.17, 15) is 9.59 Å². The minimum Gasteiger partial charge on any atom is -0.481 e. The normalized spacial score (nSPS) is 14.5. The van der Waals surface area contributed by atoms with E-state index in [1.165, 1.54) is 13.3 Å². The number of ether oxygens (including phenoxy) is 2. The summed E-state index contributed by atoms with van der Waals surface area (Å²) in [6.45, 7) is 0. The van der Waals surface area contributed by atoms with Crippen molar-refractivity contribution >= 4 is 11.9 Å². The van der Waals surface area contributed by atoms with Gasteiger partial charge in [0.2, 0.25) is 12.0 Å². The Morgan fingerprint density at radius 2 is 1.92 bits per heavy atom. The molecule has 1 aliphatic rings. The zero-order valence-corrected chi connectivity index (χ0v) is 13.3. The number of methoxy groups -OCH3 is 1. The maximum absolute atomic E-state index is 12.4. The lowest BCUT2D eigenvalue weighted by Crippen LogP contribution is -2.33. The van der Waals surface area contributed by atoms with Crippen LogP contribution in [0.25, 0.3) is 0 Å². The van der Waals surface area contributed by atoms with Crippen molar-refractivity contribution in [1.29, 1.82) is 0 Å². The van der Waals surface area contributed by atoms with Gasteiger partial charge in [0, 0.05) is 23.9 Å². The number of carbonyl (C=O) groups is 2. The Hall–Kier alpha value is -2.89. The Morgan fingerprint density at radius 3 is 2.50 bits per heavy atom. The van der Waals surface area contributed by atoms with Crippen molar-refractivity contribution in [2.45, 2.75) is 25.0 Å². The highest BCUT2D eigenvalue weighted by molar-refractivity contribution is 5.92. The number of hydrogen-bond acceptors (Lipinski definition) is 5. The van der Waals surface area contributed by atoms with Crippen LogP contribution in [0, 0.1) is 0 Å². The summed E-state index contributed by atoms with van der Waals surface area (Å²) in [6.07, 6.45) is 2.30. The number of carbonyl (C=O) groups excluding carboxylic acids is 2. The standard InChI is InChI=1S/C18H18N2O4/c1-23-15-10-7-13(11-19-15)18(22)24-16(12-5-3-2-4-6-12)17(21)20-14-8-9-14/h2-7,10-11,14,16H,8-9H2,1H3,(H,20,21)/t16-/m1/s1. The van der Waals surface area contributed by atoms with Crippen LogP contribution in [-0.4, -0.2) is 30.0 Å². The summed E-state index contributed by atoms with van der Waals surface area (Å²) < 4.78 is 10.4. The highest BCUT2D eigenvalue weighted by Gasteiger charge is 2.31. The third-order valence-electron chi connectivity index (χ3n) is 3.67. The molecule has 24 heavy (non-hydrogen) atoms. The lowest BCUT2D eigenvalue weighted by Gasteiger charge is -2.18. The summed E-state index contributed by atoms with van der Waals surface area (Å²) in [5.74, 6) is -0.513. The predicted molar refractivity (Wildman–Crippen MR) is 86.6 cm³/mol. The summed E-state index contributed by atoms with van der Waals surface area (Å²) in [5, 5.41) is 2.88. The van der Waals surface area contributed by atoms with Crippen LogP contribution in [0.1, 0.15) is 34.9 Å². The molecule has 124 valence electrons. The highest BCUT2D eigenvalue weighted by Crippen LogP contribution is 2.24. The van der Waals surface area contributed by atoms with E-state index in [-0.39, 0.29) is 17.5 Å². The van der Waals surface area contributed by atoms with Gasteiger partial charge in [0.05, 0.1) is 12.7 Å². The average Bonchev–Trinajstić information content (AvgIpc) is 3.44. The van der Waals surface area contributed by atoms with Gasteiger partial charge in [-0.25, -0.2) is 9.78 Å². The van der Waals surface area contributed by atoms with Gasteiger partial charge >= 0.3 is 5.97 Å². The van der Waals surface area contributed by atoms with Gasteiger partial charge in [0.25, 0.3) is 5.91 Å². The molecule has 1 aromatic heterocycles. The molecule has 1 saturated carbocycles. The number of benzene rings is 1. The Kier molecular flexibility index (Phi) is 4.74. The van der Waals surface area contributed by atoms with Crippen molar-refractivity contribution < 1.29 is 19.1 Å². The van der Waals surface area contributed by atoms with E-state index in [0.717, 1.165) is 12.8 Å². The molecule has 0 aliphatic heterocycles. The van der Waals surface area contributed by atoms with Crippen molar-refractivity contribution in [2.24, 2.45) is 0 Å². The fourth-order valence-electron chi connectivity index (χ4n) is 2.20. The molecule has 0 saturated heterocycles. The number of aromatic nitrogens is 1. The molecule has 0 radical (unpaired) electrons. The first kappa shape index (κ1) is 16.0. The number of pyridine rings is 1. The monoisotopic (exact) mass is 326 g/mol. The van der Waals surface area contributed by atoms with E-state index in [1.807, 2.05) is 6.07 Å². The Morgan fingerprint density at radius 1 is 1.17 bits per heavy atom. The summed E-state index contributed by atoms with van der Waals surface area (Å²) >= 11 is 0. The van der Waals surface area contributed by atoms with E-state index in [1.54, 1.807) is 36.4 Å². The molecule has 1 aromatic carbocycles. The predicted octanol–water partition coefficient (Wildman–Crippen LogP) is 2.27. The molecule has 1 fully saturated rings. The van der Waals surface area contributed by atoms with Crippen molar-refractivity contribution in [3.8, 4) is 5.88 Å². The van der Waals surface area contributed by atoms with Crippen LogP contribution in [0.5, 0.6) is 5.88 Å². The molecule has 1 N–H and O–H groups in total. The molecule has 2 aromatic rings. The second-order valence-electron chi connectivity index (χ2n) is 5.57. The largest absolute Gasteiger partial charge is 0.481 e. The van der Waals surface area contributed by atoms with Gasteiger partial charge in [-0.2, -0.15) is 0 Å². The third kappa shape index (κ3) is 3.90. The lowest BCUT2D eigenvalue weighted by atomic mass is 10.1. The number of rotatable bonds is 6. The van der Waals surface area contributed by atoms with Gasteiger partial charge in [-0.1, -0.05) is 30.3 Å². The van der Waals surface area contributed by atoms with Crippen LogP contribution in [-0.2, 0) is 9.53 Å². The van der Waals surface area contributed by atoms with Crippen LogP contribution in [0.4, 0.5) is 0 Å². The summed E-state index contributed by atoms with van der Waals surface area (Å²) in [7, 11) is 1.49.